The molecule has 1 fully saturated rings. The van der Waals surface area contributed by atoms with E-state index in [0.29, 0.717) is 12.3 Å². The molecule has 1 heteroatoms. The topological polar surface area (TPSA) is 17.1 Å². The van der Waals surface area contributed by atoms with Gasteiger partial charge < -0.3 is 0 Å². The highest BCUT2D eigenvalue weighted by Crippen LogP contribution is 2.25. The molecule has 0 amide bonds. The number of allylic oxidation sites excluding steroid dienone is 2. The number of carbonyl (C=O) groups is 1. The molecule has 76 valence electrons. The third kappa shape index (κ3) is 5.62. The van der Waals surface area contributed by atoms with Gasteiger partial charge in [0.15, 0.2) is 5.78 Å². The van der Waals surface area contributed by atoms with E-state index in [0.717, 1.165) is 0 Å². The number of rotatable bonds is 3. The summed E-state index contributed by atoms with van der Waals surface area (Å²) in [6.07, 6.45) is 9.75. The van der Waals surface area contributed by atoms with Gasteiger partial charge in [-0.3, -0.25) is 4.79 Å². The molecule has 0 heterocycles. The number of carbonyl (C=O) groups excluding carboxylic acids is 1. The van der Waals surface area contributed by atoms with Crippen molar-refractivity contribution >= 4 is 5.78 Å². The van der Waals surface area contributed by atoms with Crippen molar-refractivity contribution in [2.24, 2.45) is 5.92 Å². The van der Waals surface area contributed by atoms with E-state index in [2.05, 4.69) is 6.08 Å². The SMILES string of the molecule is CC.CCC(=O)/C=C/C1CCCC1. The lowest BCUT2D eigenvalue weighted by atomic mass is 10.1. The van der Waals surface area contributed by atoms with E-state index in [9.17, 15) is 4.79 Å². The normalized spacial score (nSPS) is 17.2. The molecule has 1 aliphatic carbocycles. The molecule has 13 heavy (non-hydrogen) atoms. The van der Waals surface area contributed by atoms with Crippen LogP contribution in [0.3, 0.4) is 0 Å². The van der Waals surface area contributed by atoms with Crippen molar-refractivity contribution in [1.82, 2.24) is 0 Å². The maximum Gasteiger partial charge on any atom is 0.155 e. The van der Waals surface area contributed by atoms with Crippen LogP contribution >= 0.6 is 0 Å². The van der Waals surface area contributed by atoms with Crippen LogP contribution in [-0.2, 0) is 4.79 Å². The van der Waals surface area contributed by atoms with Crippen LogP contribution in [-0.4, -0.2) is 5.78 Å². The smallest absolute Gasteiger partial charge is 0.155 e. The second-order valence-corrected chi connectivity index (χ2v) is 3.22. The first-order valence-electron chi connectivity index (χ1n) is 5.54. The Morgan fingerprint density at radius 2 is 1.85 bits per heavy atom. The monoisotopic (exact) mass is 182 g/mol. The lowest BCUT2D eigenvalue weighted by Crippen LogP contribution is -1.91. The molecule has 0 atom stereocenters. The van der Waals surface area contributed by atoms with Crippen LogP contribution in [0.5, 0.6) is 0 Å². The Bertz CT molecular complexity index is 153. The Morgan fingerprint density at radius 3 is 2.31 bits per heavy atom. The van der Waals surface area contributed by atoms with E-state index in [1.54, 1.807) is 6.08 Å². The molecule has 1 saturated carbocycles. The molecule has 1 rings (SSSR count). The Labute approximate surface area is 82.2 Å². The summed E-state index contributed by atoms with van der Waals surface area (Å²) < 4.78 is 0. The summed E-state index contributed by atoms with van der Waals surface area (Å²) in [5, 5.41) is 0. The van der Waals surface area contributed by atoms with Crippen molar-refractivity contribution in [3.8, 4) is 0 Å². The van der Waals surface area contributed by atoms with Crippen LogP contribution in [0.4, 0.5) is 0 Å². The quantitative estimate of drug-likeness (QED) is 0.608. The first kappa shape index (κ1) is 12.4. The van der Waals surface area contributed by atoms with Gasteiger partial charge in [0.05, 0.1) is 0 Å². The van der Waals surface area contributed by atoms with Gasteiger partial charge in [-0.25, -0.2) is 0 Å². The second-order valence-electron chi connectivity index (χ2n) is 3.22. The van der Waals surface area contributed by atoms with Crippen molar-refractivity contribution in [2.75, 3.05) is 0 Å². The molecular formula is C12H22O. The zero-order valence-corrected chi connectivity index (χ0v) is 9.18. The van der Waals surface area contributed by atoms with Crippen LogP contribution in [0.2, 0.25) is 0 Å². The molecule has 0 N–H and O–H groups in total. The zero-order valence-electron chi connectivity index (χ0n) is 9.18. The Hall–Kier alpha value is -0.590. The third-order valence-electron chi connectivity index (χ3n) is 2.30. The first-order valence-corrected chi connectivity index (χ1v) is 5.54. The number of hydrogen-bond donors (Lipinski definition) is 0. The van der Waals surface area contributed by atoms with Crippen molar-refractivity contribution in [2.45, 2.75) is 52.9 Å². The van der Waals surface area contributed by atoms with Crippen molar-refractivity contribution in [1.29, 1.82) is 0 Å². The number of hydrogen-bond acceptors (Lipinski definition) is 1. The van der Waals surface area contributed by atoms with Gasteiger partial charge in [-0.2, -0.15) is 0 Å². The van der Waals surface area contributed by atoms with E-state index in [-0.39, 0.29) is 5.78 Å². The summed E-state index contributed by atoms with van der Waals surface area (Å²) in [5.41, 5.74) is 0. The third-order valence-corrected chi connectivity index (χ3v) is 2.30. The molecule has 0 aromatic rings. The average Bonchev–Trinajstić information content (AvgIpc) is 2.70. The van der Waals surface area contributed by atoms with Crippen LogP contribution in [0, 0.1) is 5.92 Å². The first-order chi connectivity index (χ1) is 6.33. The van der Waals surface area contributed by atoms with Gasteiger partial charge >= 0.3 is 0 Å². The minimum atomic E-state index is 0.261. The van der Waals surface area contributed by atoms with Crippen molar-refractivity contribution in [3.63, 3.8) is 0 Å². The van der Waals surface area contributed by atoms with Crippen LogP contribution in [0.15, 0.2) is 12.2 Å². The maximum atomic E-state index is 10.9. The largest absolute Gasteiger partial charge is 0.295 e. The second kappa shape index (κ2) is 8.03. The highest BCUT2D eigenvalue weighted by molar-refractivity contribution is 5.89. The highest BCUT2D eigenvalue weighted by atomic mass is 16.1. The average molecular weight is 182 g/mol. The molecule has 0 radical (unpaired) electrons. The Morgan fingerprint density at radius 1 is 1.31 bits per heavy atom. The lowest BCUT2D eigenvalue weighted by Gasteiger charge is -1.98. The van der Waals surface area contributed by atoms with Gasteiger partial charge in [-0.15, -0.1) is 0 Å². The van der Waals surface area contributed by atoms with Gasteiger partial charge in [0.2, 0.25) is 0 Å². The van der Waals surface area contributed by atoms with E-state index >= 15 is 0 Å². The fraction of sp³-hybridized carbons (Fsp3) is 0.750. The van der Waals surface area contributed by atoms with E-state index in [4.69, 9.17) is 0 Å². The van der Waals surface area contributed by atoms with E-state index in [1.807, 2.05) is 20.8 Å². The summed E-state index contributed by atoms with van der Waals surface area (Å²) in [6.45, 7) is 5.90. The van der Waals surface area contributed by atoms with Crippen LogP contribution in [0.25, 0.3) is 0 Å². The highest BCUT2D eigenvalue weighted by Gasteiger charge is 2.11. The Balaban J connectivity index is 0.000000671. The summed E-state index contributed by atoms with van der Waals surface area (Å²) in [7, 11) is 0. The summed E-state index contributed by atoms with van der Waals surface area (Å²) in [6, 6.07) is 0. The summed E-state index contributed by atoms with van der Waals surface area (Å²) >= 11 is 0. The van der Waals surface area contributed by atoms with Gasteiger partial charge in [0, 0.05) is 6.42 Å². The zero-order chi connectivity index (χ0) is 10.1. The fourth-order valence-electron chi connectivity index (χ4n) is 1.51. The molecule has 0 aromatic heterocycles. The van der Waals surface area contributed by atoms with Gasteiger partial charge in [-0.1, -0.05) is 39.7 Å². The van der Waals surface area contributed by atoms with E-state index < -0.39 is 0 Å². The molecule has 0 bridgehead atoms. The molecule has 0 saturated heterocycles. The van der Waals surface area contributed by atoms with Gasteiger partial charge in [0.25, 0.3) is 0 Å². The van der Waals surface area contributed by atoms with Crippen LogP contribution < -0.4 is 0 Å². The lowest BCUT2D eigenvalue weighted by molar-refractivity contribution is -0.114. The molecule has 1 aliphatic rings. The predicted molar refractivity (Wildman–Crippen MR) is 57.7 cm³/mol. The Kier molecular flexibility index (Phi) is 7.66. The van der Waals surface area contributed by atoms with Gasteiger partial charge in [-0.05, 0) is 24.8 Å². The molecule has 0 unspecified atom stereocenters. The molecular weight excluding hydrogens is 160 g/mol. The van der Waals surface area contributed by atoms with Crippen LogP contribution in [0.1, 0.15) is 52.9 Å². The fourth-order valence-corrected chi connectivity index (χ4v) is 1.51. The molecule has 0 spiro atoms. The predicted octanol–water partition coefficient (Wildman–Crippen LogP) is 3.74. The molecule has 0 aliphatic heterocycles. The van der Waals surface area contributed by atoms with Gasteiger partial charge in [0.1, 0.15) is 0 Å². The van der Waals surface area contributed by atoms with Crippen molar-refractivity contribution in [3.05, 3.63) is 12.2 Å². The summed E-state index contributed by atoms with van der Waals surface area (Å²) in [4.78, 5) is 10.9. The van der Waals surface area contributed by atoms with E-state index in [1.165, 1.54) is 25.7 Å². The standard InChI is InChI=1S/C10H16O.C2H6/c1-2-10(11)8-7-9-5-3-4-6-9;1-2/h7-9H,2-6H2,1H3;1-2H3/b8-7+;. The maximum absolute atomic E-state index is 10.9. The molecule has 1 nitrogen and oxygen atoms in total. The summed E-state index contributed by atoms with van der Waals surface area (Å²) in [5.74, 6) is 0.961. The number of ketones is 1. The van der Waals surface area contributed by atoms with Crippen molar-refractivity contribution < 1.29 is 4.79 Å². The minimum absolute atomic E-state index is 0.261. The molecule has 0 aromatic carbocycles. The minimum Gasteiger partial charge on any atom is -0.295 e.